The average molecular weight is 404 g/mol. The summed E-state index contributed by atoms with van der Waals surface area (Å²) in [6.45, 7) is -1.57. The Labute approximate surface area is 147 Å². The molecule has 2 aliphatic heterocycles. The van der Waals surface area contributed by atoms with Gasteiger partial charge in [-0.05, 0) is 0 Å². The average Bonchev–Trinajstić information content (AvgIpc) is 3.13. The number of aliphatic hydroxyl groups excluding tert-OH is 1. The van der Waals surface area contributed by atoms with Crippen molar-refractivity contribution in [2.24, 2.45) is 5.92 Å². The minimum absolute atomic E-state index is 0.0405. The van der Waals surface area contributed by atoms with Crippen LogP contribution in [0.25, 0.3) is 0 Å². The SMILES string of the molecule is O=C1CN(Cc2c(C(F)(F)F)nc3n2N(CO)CS3)C[C@H]1CC(F)(F)F. The van der Waals surface area contributed by atoms with Crippen LogP contribution in [0.1, 0.15) is 17.8 Å². The molecule has 13 heteroatoms. The minimum Gasteiger partial charge on any atom is -0.375 e. The third-order valence-corrected chi connectivity index (χ3v) is 5.09. The van der Waals surface area contributed by atoms with Gasteiger partial charge in [0.25, 0.3) is 0 Å². The highest BCUT2D eigenvalue weighted by molar-refractivity contribution is 7.99. The fourth-order valence-electron chi connectivity index (χ4n) is 3.09. The van der Waals surface area contributed by atoms with Gasteiger partial charge in [0.05, 0.1) is 24.5 Å². The number of likely N-dealkylation sites (tertiary alicyclic amines) is 1. The number of ketones is 1. The molecule has 0 amide bonds. The molecule has 0 aliphatic carbocycles. The summed E-state index contributed by atoms with van der Waals surface area (Å²) in [6.07, 6.45) is -10.6. The van der Waals surface area contributed by atoms with Gasteiger partial charge in [-0.2, -0.15) is 26.3 Å². The lowest BCUT2D eigenvalue weighted by atomic mass is 10.0. The van der Waals surface area contributed by atoms with Crippen LogP contribution in [-0.4, -0.2) is 57.3 Å². The number of thioether (sulfide) groups is 1. The van der Waals surface area contributed by atoms with Crippen LogP contribution in [0, 0.1) is 5.92 Å². The number of Topliss-reactive ketones (excluding diaryl/α,β-unsaturated/α-hetero) is 1. The molecule has 0 bridgehead atoms. The Kier molecular flexibility index (Phi) is 4.90. The molecule has 26 heavy (non-hydrogen) atoms. The molecule has 3 rings (SSSR count). The van der Waals surface area contributed by atoms with Crippen LogP contribution in [0.3, 0.4) is 0 Å². The van der Waals surface area contributed by atoms with Crippen LogP contribution >= 0.6 is 11.8 Å². The number of aromatic nitrogens is 2. The molecule has 1 saturated heterocycles. The maximum absolute atomic E-state index is 13.3. The van der Waals surface area contributed by atoms with Crippen molar-refractivity contribution < 1.29 is 36.2 Å². The van der Waals surface area contributed by atoms with E-state index in [1.165, 1.54) is 9.91 Å². The predicted molar refractivity (Wildman–Crippen MR) is 77.7 cm³/mol. The number of aliphatic hydroxyl groups is 1. The van der Waals surface area contributed by atoms with Gasteiger partial charge < -0.3 is 5.11 Å². The number of nitrogens with zero attached hydrogens (tertiary/aromatic N) is 4. The molecule has 1 atom stereocenters. The quantitative estimate of drug-likeness (QED) is 0.773. The van der Waals surface area contributed by atoms with E-state index in [1.807, 2.05) is 0 Å². The van der Waals surface area contributed by atoms with E-state index in [0.29, 0.717) is 0 Å². The lowest BCUT2D eigenvalue weighted by Gasteiger charge is -2.23. The Hall–Kier alpha value is -1.47. The summed E-state index contributed by atoms with van der Waals surface area (Å²) in [7, 11) is 0. The predicted octanol–water partition coefficient (Wildman–Crippen LogP) is 1.81. The van der Waals surface area contributed by atoms with E-state index in [4.69, 9.17) is 0 Å². The highest BCUT2D eigenvalue weighted by Crippen LogP contribution is 2.38. The van der Waals surface area contributed by atoms with Crippen molar-refractivity contribution in [2.45, 2.75) is 30.5 Å². The summed E-state index contributed by atoms with van der Waals surface area (Å²) in [5, 5.41) is 10.6. The zero-order chi connectivity index (χ0) is 19.3. The number of fused-ring (bicyclic) bond motifs is 1. The van der Waals surface area contributed by atoms with Gasteiger partial charge in [0.1, 0.15) is 6.73 Å². The maximum atomic E-state index is 13.3. The molecule has 1 fully saturated rings. The largest absolute Gasteiger partial charge is 0.435 e. The molecule has 0 unspecified atom stereocenters. The Morgan fingerprint density at radius 2 is 1.92 bits per heavy atom. The molecule has 1 aromatic rings. The molecular formula is C13H14F6N4O2S. The van der Waals surface area contributed by atoms with Crippen LogP contribution in [-0.2, 0) is 17.5 Å². The summed E-state index contributed by atoms with van der Waals surface area (Å²) in [4.78, 5) is 16.6. The zero-order valence-electron chi connectivity index (χ0n) is 13.1. The number of hydrogen-bond acceptors (Lipinski definition) is 6. The van der Waals surface area contributed by atoms with Crippen molar-refractivity contribution in [3.05, 3.63) is 11.4 Å². The van der Waals surface area contributed by atoms with Crippen LogP contribution in [0.5, 0.6) is 0 Å². The highest BCUT2D eigenvalue weighted by Gasteiger charge is 2.44. The lowest BCUT2D eigenvalue weighted by Crippen LogP contribution is -2.35. The Morgan fingerprint density at radius 3 is 2.50 bits per heavy atom. The van der Waals surface area contributed by atoms with Gasteiger partial charge >= 0.3 is 12.4 Å². The van der Waals surface area contributed by atoms with Crippen LogP contribution in [0.4, 0.5) is 26.3 Å². The second kappa shape index (κ2) is 6.60. The Balaban J connectivity index is 1.85. The fraction of sp³-hybridized carbons (Fsp3) is 0.692. The zero-order valence-corrected chi connectivity index (χ0v) is 14.0. The van der Waals surface area contributed by atoms with Crippen molar-refractivity contribution in [3.8, 4) is 0 Å². The molecule has 1 N–H and O–H groups in total. The van der Waals surface area contributed by atoms with Gasteiger partial charge in [0.2, 0.25) is 0 Å². The van der Waals surface area contributed by atoms with Gasteiger partial charge in [-0.15, -0.1) is 0 Å². The molecule has 146 valence electrons. The first kappa shape index (κ1) is 19.3. The first-order chi connectivity index (χ1) is 12.0. The van der Waals surface area contributed by atoms with Crippen LogP contribution in [0.2, 0.25) is 0 Å². The van der Waals surface area contributed by atoms with E-state index in [0.717, 1.165) is 16.4 Å². The Morgan fingerprint density at radius 1 is 1.23 bits per heavy atom. The van der Waals surface area contributed by atoms with Gasteiger partial charge in [-0.3, -0.25) is 14.7 Å². The molecule has 3 heterocycles. The summed E-state index contributed by atoms with van der Waals surface area (Å²) < 4.78 is 78.5. The molecule has 2 aliphatic rings. The normalized spacial score (nSPS) is 21.7. The molecule has 1 aromatic heterocycles. The van der Waals surface area contributed by atoms with Crippen molar-refractivity contribution in [3.63, 3.8) is 0 Å². The molecular weight excluding hydrogens is 390 g/mol. The standard InChI is InChI=1S/C13H14F6N4O2S/c14-12(15,16)1-7-2-21(4-9(7)25)3-8-10(13(17,18)19)20-11-23(8)22(5-24)6-26-11/h7,24H,1-6H2/t7-/m1/s1. The van der Waals surface area contributed by atoms with Crippen molar-refractivity contribution in [1.82, 2.24) is 14.6 Å². The second-order valence-corrected chi connectivity index (χ2v) is 6.98. The number of hydrogen-bond donors (Lipinski definition) is 1. The third-order valence-electron chi connectivity index (χ3n) is 4.14. The topological polar surface area (TPSA) is 61.6 Å². The summed E-state index contributed by atoms with van der Waals surface area (Å²) >= 11 is 1.00. The van der Waals surface area contributed by atoms with Gasteiger partial charge in [0, 0.05) is 19.0 Å². The third kappa shape index (κ3) is 3.78. The summed E-state index contributed by atoms with van der Waals surface area (Å²) in [5.74, 6) is -1.74. The Bertz CT molecular complexity index is 704. The van der Waals surface area contributed by atoms with Crippen molar-refractivity contribution in [1.29, 1.82) is 0 Å². The van der Waals surface area contributed by atoms with Gasteiger partial charge in [-0.1, -0.05) is 11.8 Å². The monoisotopic (exact) mass is 404 g/mol. The van der Waals surface area contributed by atoms with Crippen molar-refractivity contribution in [2.75, 3.05) is 30.7 Å². The second-order valence-electron chi connectivity index (χ2n) is 6.07. The number of carbonyl (C=O) groups is 1. The van der Waals surface area contributed by atoms with Crippen molar-refractivity contribution >= 4 is 17.5 Å². The van der Waals surface area contributed by atoms with Gasteiger partial charge in [-0.25, -0.2) is 9.66 Å². The van der Waals surface area contributed by atoms with E-state index in [9.17, 15) is 36.2 Å². The number of rotatable bonds is 4. The summed E-state index contributed by atoms with van der Waals surface area (Å²) in [5.41, 5.74) is -1.46. The summed E-state index contributed by atoms with van der Waals surface area (Å²) in [6, 6.07) is 0. The van der Waals surface area contributed by atoms with E-state index in [-0.39, 0.29) is 36.4 Å². The minimum atomic E-state index is -4.76. The molecule has 0 radical (unpaired) electrons. The number of imidazole rings is 1. The highest BCUT2D eigenvalue weighted by atomic mass is 32.2. The molecule has 0 spiro atoms. The molecule has 6 nitrogen and oxygen atoms in total. The van der Waals surface area contributed by atoms with Crippen LogP contribution in [0.15, 0.2) is 5.16 Å². The fourth-order valence-corrected chi connectivity index (χ4v) is 4.05. The van der Waals surface area contributed by atoms with E-state index < -0.39 is 42.9 Å². The van der Waals surface area contributed by atoms with E-state index >= 15 is 0 Å². The number of halogens is 6. The number of carbonyl (C=O) groups excluding carboxylic acids is 1. The van der Waals surface area contributed by atoms with Crippen LogP contribution < -0.4 is 5.01 Å². The lowest BCUT2D eigenvalue weighted by molar-refractivity contribution is -0.150. The molecule has 0 saturated carbocycles. The first-order valence-corrected chi connectivity index (χ1v) is 8.47. The van der Waals surface area contributed by atoms with Gasteiger partial charge in [0.15, 0.2) is 16.6 Å². The maximum Gasteiger partial charge on any atom is 0.435 e. The smallest absolute Gasteiger partial charge is 0.375 e. The van der Waals surface area contributed by atoms with E-state index in [2.05, 4.69) is 4.98 Å². The molecule has 0 aromatic carbocycles. The van der Waals surface area contributed by atoms with E-state index in [1.54, 1.807) is 0 Å². The first-order valence-electron chi connectivity index (χ1n) is 7.49. The number of alkyl halides is 6.